The first kappa shape index (κ1) is 14.4. The molecule has 0 aliphatic heterocycles. The Bertz CT molecular complexity index is 626. The fourth-order valence-corrected chi connectivity index (χ4v) is 2.38. The van der Waals surface area contributed by atoms with E-state index in [-0.39, 0.29) is 5.69 Å². The van der Waals surface area contributed by atoms with E-state index in [1.54, 1.807) is 6.07 Å². The maximum Gasteiger partial charge on any atom is 0.416 e. The minimum Gasteiger partial charge on any atom is -0.258 e. The van der Waals surface area contributed by atoms with Crippen LogP contribution in [0.2, 0.25) is 0 Å². The van der Waals surface area contributed by atoms with Crippen LogP contribution in [-0.4, -0.2) is 4.92 Å². The highest BCUT2D eigenvalue weighted by atomic mass is 32.2. The first-order valence-electron chi connectivity index (χ1n) is 5.46. The predicted molar refractivity (Wildman–Crippen MR) is 68.7 cm³/mol. The number of hydrogen-bond donors (Lipinski definition) is 0. The van der Waals surface area contributed by atoms with Gasteiger partial charge in [0.25, 0.3) is 5.69 Å². The normalized spacial score (nSPS) is 11.3. The molecule has 0 aliphatic carbocycles. The van der Waals surface area contributed by atoms with Crippen LogP contribution in [0.4, 0.5) is 18.9 Å². The average Bonchev–Trinajstić information content (AvgIpc) is 2.38. The molecule has 0 aromatic heterocycles. The van der Waals surface area contributed by atoms with E-state index in [1.807, 2.05) is 0 Å². The van der Waals surface area contributed by atoms with Crippen molar-refractivity contribution in [2.45, 2.75) is 16.0 Å². The van der Waals surface area contributed by atoms with E-state index >= 15 is 0 Å². The van der Waals surface area contributed by atoms with Gasteiger partial charge in [0.05, 0.1) is 10.5 Å². The van der Waals surface area contributed by atoms with E-state index in [0.717, 1.165) is 12.1 Å². The second-order valence-corrected chi connectivity index (χ2v) is 5.03. The number of benzene rings is 2. The van der Waals surface area contributed by atoms with Crippen molar-refractivity contribution in [1.29, 1.82) is 0 Å². The van der Waals surface area contributed by atoms with Crippen LogP contribution in [0.3, 0.4) is 0 Å². The summed E-state index contributed by atoms with van der Waals surface area (Å²) in [6.45, 7) is 0. The van der Waals surface area contributed by atoms with Crippen LogP contribution in [0.1, 0.15) is 5.56 Å². The third-order valence-electron chi connectivity index (χ3n) is 2.45. The Labute approximate surface area is 116 Å². The van der Waals surface area contributed by atoms with E-state index in [4.69, 9.17) is 0 Å². The molecule has 2 aromatic carbocycles. The Kier molecular flexibility index (Phi) is 3.99. The summed E-state index contributed by atoms with van der Waals surface area (Å²) in [6, 6.07) is 10.6. The van der Waals surface area contributed by atoms with Gasteiger partial charge in [-0.05, 0) is 30.3 Å². The smallest absolute Gasteiger partial charge is 0.258 e. The third kappa shape index (κ3) is 3.51. The SMILES string of the molecule is O=[N+]([O-])c1cccc(Sc2ccc(C(F)(F)F)cc2)c1. The quantitative estimate of drug-likeness (QED) is 0.606. The number of nitro benzene ring substituents is 1. The molecule has 20 heavy (non-hydrogen) atoms. The molecule has 0 saturated carbocycles. The van der Waals surface area contributed by atoms with E-state index in [1.165, 1.54) is 42.1 Å². The zero-order chi connectivity index (χ0) is 14.8. The van der Waals surface area contributed by atoms with Gasteiger partial charge < -0.3 is 0 Å². The largest absolute Gasteiger partial charge is 0.416 e. The molecule has 0 aliphatic rings. The lowest BCUT2D eigenvalue weighted by atomic mass is 10.2. The van der Waals surface area contributed by atoms with Crippen molar-refractivity contribution < 1.29 is 18.1 Å². The highest BCUT2D eigenvalue weighted by Crippen LogP contribution is 2.33. The summed E-state index contributed by atoms with van der Waals surface area (Å²) in [6.07, 6.45) is -4.37. The molecular weight excluding hydrogens is 291 g/mol. The molecule has 0 bridgehead atoms. The van der Waals surface area contributed by atoms with Gasteiger partial charge in [-0.1, -0.05) is 17.8 Å². The summed E-state index contributed by atoms with van der Waals surface area (Å²) in [5, 5.41) is 10.6. The number of halogens is 3. The predicted octanol–water partition coefficient (Wildman–Crippen LogP) is 4.76. The molecule has 0 unspecified atom stereocenters. The zero-order valence-electron chi connectivity index (χ0n) is 9.92. The van der Waals surface area contributed by atoms with Gasteiger partial charge in [0.15, 0.2) is 0 Å². The van der Waals surface area contributed by atoms with Gasteiger partial charge in [0.2, 0.25) is 0 Å². The Balaban J connectivity index is 2.18. The highest BCUT2D eigenvalue weighted by molar-refractivity contribution is 7.99. The molecule has 2 aromatic rings. The lowest BCUT2D eigenvalue weighted by molar-refractivity contribution is -0.385. The summed E-state index contributed by atoms with van der Waals surface area (Å²) in [7, 11) is 0. The van der Waals surface area contributed by atoms with Crippen molar-refractivity contribution in [2.75, 3.05) is 0 Å². The molecule has 0 spiro atoms. The molecule has 0 N–H and O–H groups in total. The summed E-state index contributed by atoms with van der Waals surface area (Å²) >= 11 is 1.17. The maximum absolute atomic E-state index is 12.4. The lowest BCUT2D eigenvalue weighted by Crippen LogP contribution is -2.03. The number of nitrogens with zero attached hydrogens (tertiary/aromatic N) is 1. The van der Waals surface area contributed by atoms with E-state index in [2.05, 4.69) is 0 Å². The molecule has 0 amide bonds. The van der Waals surface area contributed by atoms with Gasteiger partial charge in [0.1, 0.15) is 0 Å². The minimum atomic E-state index is -4.37. The van der Waals surface area contributed by atoms with E-state index in [0.29, 0.717) is 9.79 Å². The molecule has 104 valence electrons. The number of alkyl halides is 3. The Morgan fingerprint density at radius 3 is 2.20 bits per heavy atom. The molecular formula is C13H8F3NO2S. The Morgan fingerprint density at radius 1 is 1.00 bits per heavy atom. The monoisotopic (exact) mass is 299 g/mol. The van der Waals surface area contributed by atoms with Crippen molar-refractivity contribution in [2.24, 2.45) is 0 Å². The van der Waals surface area contributed by atoms with Crippen molar-refractivity contribution in [1.82, 2.24) is 0 Å². The van der Waals surface area contributed by atoms with Crippen LogP contribution in [-0.2, 0) is 6.18 Å². The van der Waals surface area contributed by atoms with Crippen LogP contribution < -0.4 is 0 Å². The summed E-state index contributed by atoms with van der Waals surface area (Å²) < 4.78 is 37.2. The van der Waals surface area contributed by atoms with E-state index in [9.17, 15) is 23.3 Å². The summed E-state index contributed by atoms with van der Waals surface area (Å²) in [5.74, 6) is 0. The van der Waals surface area contributed by atoms with Gasteiger partial charge in [-0.25, -0.2) is 0 Å². The number of rotatable bonds is 3. The standard InChI is InChI=1S/C13H8F3NO2S/c14-13(15,16)9-4-6-11(7-5-9)20-12-3-1-2-10(8-12)17(18)19/h1-8H. The molecule has 3 nitrogen and oxygen atoms in total. The van der Waals surface area contributed by atoms with Crippen LogP contribution in [0.15, 0.2) is 58.3 Å². The number of hydrogen-bond acceptors (Lipinski definition) is 3. The second kappa shape index (κ2) is 5.54. The molecule has 0 saturated heterocycles. The number of nitro groups is 1. The molecule has 0 atom stereocenters. The van der Waals surface area contributed by atoms with Gasteiger partial charge >= 0.3 is 6.18 Å². The third-order valence-corrected chi connectivity index (χ3v) is 3.44. The minimum absolute atomic E-state index is 0.0538. The Hall–Kier alpha value is -2.02. The second-order valence-electron chi connectivity index (χ2n) is 3.88. The van der Waals surface area contributed by atoms with Crippen LogP contribution >= 0.6 is 11.8 Å². The van der Waals surface area contributed by atoms with Gasteiger partial charge in [-0.3, -0.25) is 10.1 Å². The lowest BCUT2D eigenvalue weighted by Gasteiger charge is -2.07. The Morgan fingerprint density at radius 2 is 1.65 bits per heavy atom. The number of non-ortho nitro benzene ring substituents is 1. The fraction of sp³-hybridized carbons (Fsp3) is 0.0769. The first-order chi connectivity index (χ1) is 9.36. The summed E-state index contributed by atoms with van der Waals surface area (Å²) in [5.41, 5.74) is -0.775. The fourth-order valence-electron chi connectivity index (χ4n) is 1.51. The van der Waals surface area contributed by atoms with Gasteiger partial charge in [-0.15, -0.1) is 0 Å². The van der Waals surface area contributed by atoms with E-state index < -0.39 is 16.7 Å². The van der Waals surface area contributed by atoms with Crippen molar-refractivity contribution in [3.8, 4) is 0 Å². The first-order valence-corrected chi connectivity index (χ1v) is 6.27. The molecule has 0 fully saturated rings. The molecule has 7 heteroatoms. The van der Waals surface area contributed by atoms with Crippen LogP contribution in [0.5, 0.6) is 0 Å². The molecule has 0 radical (unpaired) electrons. The highest BCUT2D eigenvalue weighted by Gasteiger charge is 2.29. The summed E-state index contributed by atoms with van der Waals surface area (Å²) in [4.78, 5) is 11.3. The average molecular weight is 299 g/mol. The maximum atomic E-state index is 12.4. The zero-order valence-corrected chi connectivity index (χ0v) is 10.7. The van der Waals surface area contributed by atoms with Crippen molar-refractivity contribution in [3.63, 3.8) is 0 Å². The van der Waals surface area contributed by atoms with Gasteiger partial charge in [-0.2, -0.15) is 13.2 Å². The van der Waals surface area contributed by atoms with Crippen molar-refractivity contribution in [3.05, 3.63) is 64.2 Å². The molecule has 2 rings (SSSR count). The van der Waals surface area contributed by atoms with Gasteiger partial charge in [0, 0.05) is 21.9 Å². The topological polar surface area (TPSA) is 43.1 Å². The molecule has 0 heterocycles. The van der Waals surface area contributed by atoms with Crippen LogP contribution in [0.25, 0.3) is 0 Å². The van der Waals surface area contributed by atoms with Crippen LogP contribution in [0, 0.1) is 10.1 Å². The van der Waals surface area contributed by atoms with Crippen molar-refractivity contribution >= 4 is 17.4 Å².